The molecule has 1 N–H and O–H groups in total. The largest absolute Gasteiger partial charge is 0.314 e. The Morgan fingerprint density at radius 2 is 2.27 bits per heavy atom. The summed E-state index contributed by atoms with van der Waals surface area (Å²) in [5.41, 5.74) is 1.44. The highest BCUT2D eigenvalue weighted by Crippen LogP contribution is 2.42. The van der Waals surface area contributed by atoms with Gasteiger partial charge in [0, 0.05) is 19.3 Å². The van der Waals surface area contributed by atoms with Crippen molar-refractivity contribution in [2.45, 2.75) is 37.6 Å². The van der Waals surface area contributed by atoms with Gasteiger partial charge in [-0.1, -0.05) is 0 Å². The molecular formula is C12H19N3. The molecule has 3 heteroatoms. The number of nitrogens with one attached hydrogen (secondary N) is 1. The average molecular weight is 205 g/mol. The van der Waals surface area contributed by atoms with E-state index in [1.807, 2.05) is 17.9 Å². The molecule has 3 nitrogen and oxygen atoms in total. The van der Waals surface area contributed by atoms with Crippen molar-refractivity contribution >= 4 is 0 Å². The normalized spacial score (nSPS) is 30.2. The van der Waals surface area contributed by atoms with E-state index in [2.05, 4.69) is 16.6 Å². The van der Waals surface area contributed by atoms with Gasteiger partial charge in [0.15, 0.2) is 0 Å². The minimum atomic E-state index is 0.768. The predicted octanol–water partition coefficient (Wildman–Crippen LogP) is 1.67. The van der Waals surface area contributed by atoms with Crippen LogP contribution in [0.5, 0.6) is 0 Å². The zero-order valence-electron chi connectivity index (χ0n) is 9.32. The van der Waals surface area contributed by atoms with Crippen molar-refractivity contribution in [2.75, 3.05) is 6.54 Å². The zero-order chi connectivity index (χ0) is 10.3. The van der Waals surface area contributed by atoms with Gasteiger partial charge in [0.25, 0.3) is 0 Å². The summed E-state index contributed by atoms with van der Waals surface area (Å²) in [6.07, 6.45) is 9.73. The first-order valence-corrected chi connectivity index (χ1v) is 6.05. The Morgan fingerprint density at radius 1 is 1.40 bits per heavy atom. The monoisotopic (exact) mass is 205 g/mol. The number of hydrogen-bond donors (Lipinski definition) is 1. The van der Waals surface area contributed by atoms with Crippen molar-refractivity contribution in [1.82, 2.24) is 15.1 Å². The molecular weight excluding hydrogens is 186 g/mol. The van der Waals surface area contributed by atoms with Crippen LogP contribution in [-0.4, -0.2) is 22.4 Å². The van der Waals surface area contributed by atoms with E-state index in [1.54, 1.807) is 0 Å². The fourth-order valence-electron chi connectivity index (χ4n) is 2.49. The number of aryl methyl sites for hydroxylation is 1. The van der Waals surface area contributed by atoms with Crippen LogP contribution in [0.25, 0.3) is 0 Å². The van der Waals surface area contributed by atoms with Crippen LogP contribution < -0.4 is 5.32 Å². The molecule has 3 rings (SSSR count). The predicted molar refractivity (Wildman–Crippen MR) is 59.7 cm³/mol. The molecule has 0 radical (unpaired) electrons. The lowest BCUT2D eigenvalue weighted by atomic mass is 9.71. The highest BCUT2D eigenvalue weighted by molar-refractivity contribution is 5.16. The molecule has 2 fully saturated rings. The fourth-order valence-corrected chi connectivity index (χ4v) is 2.49. The summed E-state index contributed by atoms with van der Waals surface area (Å²) in [6.45, 7) is 1.21. The average Bonchev–Trinajstić information content (AvgIpc) is 2.89. The van der Waals surface area contributed by atoms with Crippen LogP contribution in [0.1, 0.15) is 37.2 Å². The summed E-state index contributed by atoms with van der Waals surface area (Å²) >= 11 is 0. The van der Waals surface area contributed by atoms with Crippen molar-refractivity contribution in [3.8, 4) is 0 Å². The van der Waals surface area contributed by atoms with Crippen molar-refractivity contribution in [3.63, 3.8) is 0 Å². The minimum absolute atomic E-state index is 0.768. The highest BCUT2D eigenvalue weighted by Gasteiger charge is 2.33. The lowest BCUT2D eigenvalue weighted by Gasteiger charge is -2.36. The summed E-state index contributed by atoms with van der Waals surface area (Å²) in [7, 11) is 2.00. The van der Waals surface area contributed by atoms with Crippen LogP contribution in [0.3, 0.4) is 0 Å². The van der Waals surface area contributed by atoms with E-state index in [0.717, 1.165) is 17.9 Å². The second-order valence-electron chi connectivity index (χ2n) is 5.07. The molecule has 1 aromatic rings. The Kier molecular flexibility index (Phi) is 2.28. The van der Waals surface area contributed by atoms with Gasteiger partial charge in [0.1, 0.15) is 0 Å². The molecule has 1 heterocycles. The third-order valence-electron chi connectivity index (χ3n) is 3.82. The number of nitrogens with zero attached hydrogens (tertiary/aromatic N) is 2. The van der Waals surface area contributed by atoms with Gasteiger partial charge in [0.05, 0.1) is 6.20 Å². The Hall–Kier alpha value is -0.830. The molecule has 82 valence electrons. The van der Waals surface area contributed by atoms with Gasteiger partial charge in [-0.25, -0.2) is 0 Å². The smallest absolute Gasteiger partial charge is 0.0524 e. The van der Waals surface area contributed by atoms with Crippen molar-refractivity contribution in [1.29, 1.82) is 0 Å². The summed E-state index contributed by atoms with van der Waals surface area (Å²) < 4.78 is 1.92. The second kappa shape index (κ2) is 3.63. The molecule has 2 aliphatic carbocycles. The van der Waals surface area contributed by atoms with Crippen LogP contribution >= 0.6 is 0 Å². The van der Waals surface area contributed by atoms with Gasteiger partial charge >= 0.3 is 0 Å². The molecule has 2 aliphatic rings. The van der Waals surface area contributed by atoms with Crippen LogP contribution in [0, 0.1) is 5.92 Å². The molecule has 2 atom stereocenters. The quantitative estimate of drug-likeness (QED) is 0.810. The number of hydrogen-bond acceptors (Lipinski definition) is 2. The van der Waals surface area contributed by atoms with Gasteiger partial charge in [-0.2, -0.15) is 5.10 Å². The van der Waals surface area contributed by atoms with E-state index in [1.165, 1.54) is 37.8 Å². The SMILES string of the molecule is Cn1cc(C2CCC2CNC2CC2)cn1. The van der Waals surface area contributed by atoms with Gasteiger partial charge in [-0.15, -0.1) is 0 Å². The maximum Gasteiger partial charge on any atom is 0.0524 e. The molecule has 1 aromatic heterocycles. The van der Waals surface area contributed by atoms with Crippen molar-refractivity contribution < 1.29 is 0 Å². The second-order valence-corrected chi connectivity index (χ2v) is 5.07. The van der Waals surface area contributed by atoms with E-state index in [0.29, 0.717) is 0 Å². The van der Waals surface area contributed by atoms with E-state index >= 15 is 0 Å². The molecule has 15 heavy (non-hydrogen) atoms. The maximum absolute atomic E-state index is 4.26. The topological polar surface area (TPSA) is 29.9 Å². The molecule has 0 aliphatic heterocycles. The van der Waals surface area contributed by atoms with Crippen LogP contribution in [-0.2, 0) is 7.05 Å². The zero-order valence-corrected chi connectivity index (χ0v) is 9.32. The number of aromatic nitrogens is 2. The molecule has 0 aromatic carbocycles. The van der Waals surface area contributed by atoms with Gasteiger partial charge in [0.2, 0.25) is 0 Å². The van der Waals surface area contributed by atoms with Crippen LogP contribution in [0.15, 0.2) is 12.4 Å². The lowest BCUT2D eigenvalue weighted by Crippen LogP contribution is -2.34. The molecule has 2 saturated carbocycles. The molecule has 2 unspecified atom stereocenters. The first-order valence-electron chi connectivity index (χ1n) is 6.05. The van der Waals surface area contributed by atoms with Gasteiger partial charge in [-0.3, -0.25) is 4.68 Å². The first kappa shape index (κ1) is 9.40. The fraction of sp³-hybridized carbons (Fsp3) is 0.750. The number of rotatable bonds is 4. The minimum Gasteiger partial charge on any atom is -0.314 e. The van der Waals surface area contributed by atoms with E-state index in [9.17, 15) is 0 Å². The molecule has 0 amide bonds. The molecule has 0 spiro atoms. The van der Waals surface area contributed by atoms with Gasteiger partial charge in [-0.05, 0) is 49.6 Å². The molecule has 0 bridgehead atoms. The summed E-state index contributed by atoms with van der Waals surface area (Å²) in [6, 6.07) is 0.847. The van der Waals surface area contributed by atoms with Gasteiger partial charge < -0.3 is 5.32 Å². The maximum atomic E-state index is 4.26. The highest BCUT2D eigenvalue weighted by atomic mass is 15.2. The van der Waals surface area contributed by atoms with E-state index < -0.39 is 0 Å². The Labute approximate surface area is 90.9 Å². The Balaban J connectivity index is 1.57. The Bertz CT molecular complexity index is 340. The Morgan fingerprint density at radius 3 is 2.80 bits per heavy atom. The van der Waals surface area contributed by atoms with E-state index in [4.69, 9.17) is 0 Å². The summed E-state index contributed by atoms with van der Waals surface area (Å²) in [5, 5.41) is 7.90. The summed E-state index contributed by atoms with van der Waals surface area (Å²) in [4.78, 5) is 0. The summed E-state index contributed by atoms with van der Waals surface area (Å²) in [5.74, 6) is 1.62. The third-order valence-corrected chi connectivity index (χ3v) is 3.82. The van der Waals surface area contributed by atoms with Crippen LogP contribution in [0.4, 0.5) is 0 Å². The van der Waals surface area contributed by atoms with Crippen LogP contribution in [0.2, 0.25) is 0 Å². The van der Waals surface area contributed by atoms with Crippen molar-refractivity contribution in [2.24, 2.45) is 13.0 Å². The van der Waals surface area contributed by atoms with Crippen molar-refractivity contribution in [3.05, 3.63) is 18.0 Å². The van der Waals surface area contributed by atoms with E-state index in [-0.39, 0.29) is 0 Å². The third kappa shape index (κ3) is 1.93. The standard InChI is InChI=1S/C12H19N3/c1-15-8-10(7-14-15)12-5-2-9(12)6-13-11-3-4-11/h7-9,11-13H,2-6H2,1H3. The lowest BCUT2D eigenvalue weighted by molar-refractivity contribution is 0.245. The first-order chi connectivity index (χ1) is 7.33. The molecule has 0 saturated heterocycles.